The summed E-state index contributed by atoms with van der Waals surface area (Å²) in [5, 5.41) is 11.8. The molecule has 0 aliphatic carbocycles. The van der Waals surface area contributed by atoms with Crippen LogP contribution in [0.25, 0.3) is 0 Å². The zero-order valence-electron chi connectivity index (χ0n) is 12.2. The second kappa shape index (κ2) is 8.25. The van der Waals surface area contributed by atoms with Crippen LogP contribution in [0.1, 0.15) is 83.5 Å². The molecule has 104 valence electrons. The highest BCUT2D eigenvalue weighted by Crippen LogP contribution is 2.26. The van der Waals surface area contributed by atoms with Crippen molar-refractivity contribution in [2.24, 2.45) is 0 Å². The molecule has 0 aliphatic heterocycles. The van der Waals surface area contributed by atoms with Crippen molar-refractivity contribution in [2.45, 2.75) is 71.8 Å². The molecule has 1 unspecified atom stereocenters. The topological polar surface area (TPSA) is 51.0 Å². The third-order valence-corrected chi connectivity index (χ3v) is 3.24. The van der Waals surface area contributed by atoms with Crippen molar-refractivity contribution in [1.82, 2.24) is 15.5 Å². The van der Waals surface area contributed by atoms with Crippen LogP contribution in [-0.4, -0.2) is 16.7 Å². The highest BCUT2D eigenvalue weighted by atomic mass is 16.4. The quantitative estimate of drug-likeness (QED) is 0.727. The number of nitrogens with one attached hydrogen (secondary N) is 1. The van der Waals surface area contributed by atoms with Gasteiger partial charge in [0.15, 0.2) is 0 Å². The van der Waals surface area contributed by atoms with E-state index in [1.807, 2.05) is 0 Å². The van der Waals surface area contributed by atoms with Crippen LogP contribution in [0.4, 0.5) is 0 Å². The Bertz CT molecular complexity index is 319. The van der Waals surface area contributed by atoms with E-state index in [-0.39, 0.29) is 6.04 Å². The third kappa shape index (κ3) is 4.09. The summed E-state index contributed by atoms with van der Waals surface area (Å²) in [4.78, 5) is 0. The smallest absolute Gasteiger partial charge is 0.233 e. The number of hydrogen-bond acceptors (Lipinski definition) is 4. The molecule has 4 nitrogen and oxygen atoms in total. The molecule has 1 aromatic rings. The normalized spacial score (nSPS) is 13.2. The number of nitrogens with zero attached hydrogens (tertiary/aromatic N) is 2. The fourth-order valence-electron chi connectivity index (χ4n) is 2.29. The lowest BCUT2D eigenvalue weighted by Crippen LogP contribution is -2.20. The summed E-state index contributed by atoms with van der Waals surface area (Å²) < 4.78 is 5.87. The highest BCUT2D eigenvalue weighted by Gasteiger charge is 2.20. The molecule has 4 heteroatoms. The van der Waals surface area contributed by atoms with Gasteiger partial charge >= 0.3 is 0 Å². The van der Waals surface area contributed by atoms with Gasteiger partial charge < -0.3 is 9.73 Å². The van der Waals surface area contributed by atoms with E-state index in [4.69, 9.17) is 4.42 Å². The molecule has 0 aromatic carbocycles. The van der Waals surface area contributed by atoms with Crippen LogP contribution in [0, 0.1) is 0 Å². The van der Waals surface area contributed by atoms with Crippen LogP contribution in [0.15, 0.2) is 4.42 Å². The minimum Gasteiger partial charge on any atom is -0.423 e. The van der Waals surface area contributed by atoms with Gasteiger partial charge in [-0.2, -0.15) is 0 Å². The molecule has 0 spiro atoms. The molecule has 1 atom stereocenters. The van der Waals surface area contributed by atoms with Gasteiger partial charge in [-0.1, -0.05) is 40.5 Å². The Balaban J connectivity index is 2.75. The Labute approximate surface area is 111 Å². The van der Waals surface area contributed by atoms with Gasteiger partial charge in [0, 0.05) is 5.92 Å². The molecule has 0 amide bonds. The van der Waals surface area contributed by atoms with Gasteiger partial charge in [0.1, 0.15) is 0 Å². The largest absolute Gasteiger partial charge is 0.423 e. The van der Waals surface area contributed by atoms with Crippen molar-refractivity contribution in [1.29, 1.82) is 0 Å². The van der Waals surface area contributed by atoms with E-state index in [1.165, 1.54) is 0 Å². The molecule has 0 saturated carbocycles. The number of hydrogen-bond donors (Lipinski definition) is 1. The first kappa shape index (κ1) is 15.2. The molecule has 0 radical (unpaired) electrons. The average Bonchev–Trinajstić information content (AvgIpc) is 2.85. The molecular weight excluding hydrogens is 226 g/mol. The number of rotatable bonds is 9. The lowest BCUT2D eigenvalue weighted by atomic mass is 9.98. The van der Waals surface area contributed by atoms with Crippen LogP contribution in [-0.2, 0) is 0 Å². The van der Waals surface area contributed by atoms with E-state index in [1.54, 1.807) is 0 Å². The molecule has 1 N–H and O–H groups in total. The maximum absolute atomic E-state index is 5.87. The second-order valence-electron chi connectivity index (χ2n) is 4.77. The lowest BCUT2D eigenvalue weighted by Gasteiger charge is -2.12. The van der Waals surface area contributed by atoms with Gasteiger partial charge in [0.2, 0.25) is 11.8 Å². The van der Waals surface area contributed by atoms with Gasteiger partial charge in [-0.05, 0) is 25.8 Å². The Kier molecular flexibility index (Phi) is 6.94. The van der Waals surface area contributed by atoms with E-state index in [0.29, 0.717) is 5.92 Å². The van der Waals surface area contributed by atoms with Crippen LogP contribution < -0.4 is 5.32 Å². The molecule has 0 fully saturated rings. The van der Waals surface area contributed by atoms with Gasteiger partial charge in [-0.15, -0.1) is 10.2 Å². The standard InChI is InChI=1S/C14H27N3O/c1-5-9-11(10-6-2)13-16-17-14(18-13)12(7-3)15-8-4/h11-12,15H,5-10H2,1-4H3. The summed E-state index contributed by atoms with van der Waals surface area (Å²) in [6.07, 6.45) is 5.56. The van der Waals surface area contributed by atoms with E-state index in [9.17, 15) is 0 Å². The van der Waals surface area contributed by atoms with Crippen molar-refractivity contribution in [3.8, 4) is 0 Å². The highest BCUT2D eigenvalue weighted by molar-refractivity contribution is 4.95. The van der Waals surface area contributed by atoms with E-state index < -0.39 is 0 Å². The lowest BCUT2D eigenvalue weighted by molar-refractivity contribution is 0.348. The van der Waals surface area contributed by atoms with Crippen LogP contribution in [0.3, 0.4) is 0 Å². The summed E-state index contributed by atoms with van der Waals surface area (Å²) in [6, 6.07) is 0.195. The first-order valence-electron chi connectivity index (χ1n) is 7.33. The Morgan fingerprint density at radius 3 is 2.11 bits per heavy atom. The molecule has 18 heavy (non-hydrogen) atoms. The van der Waals surface area contributed by atoms with Gasteiger partial charge in [-0.25, -0.2) is 0 Å². The predicted octanol–water partition coefficient (Wildman–Crippen LogP) is 3.81. The first-order chi connectivity index (χ1) is 8.76. The second-order valence-corrected chi connectivity index (χ2v) is 4.77. The van der Waals surface area contributed by atoms with Crippen molar-refractivity contribution in [2.75, 3.05) is 6.54 Å². The Morgan fingerprint density at radius 1 is 1.00 bits per heavy atom. The summed E-state index contributed by atoms with van der Waals surface area (Å²) in [6.45, 7) is 9.55. The average molecular weight is 253 g/mol. The summed E-state index contributed by atoms with van der Waals surface area (Å²) in [5.41, 5.74) is 0. The predicted molar refractivity (Wildman–Crippen MR) is 73.6 cm³/mol. The zero-order valence-corrected chi connectivity index (χ0v) is 12.2. The molecular formula is C14H27N3O. The first-order valence-corrected chi connectivity index (χ1v) is 7.33. The molecule has 0 bridgehead atoms. The molecule has 1 rings (SSSR count). The zero-order chi connectivity index (χ0) is 13.4. The molecule has 0 aliphatic rings. The van der Waals surface area contributed by atoms with E-state index >= 15 is 0 Å². The fraction of sp³-hybridized carbons (Fsp3) is 0.857. The molecule has 0 saturated heterocycles. The minimum atomic E-state index is 0.195. The maximum Gasteiger partial charge on any atom is 0.233 e. The summed E-state index contributed by atoms with van der Waals surface area (Å²) >= 11 is 0. The van der Waals surface area contributed by atoms with Crippen molar-refractivity contribution in [3.63, 3.8) is 0 Å². The van der Waals surface area contributed by atoms with Crippen LogP contribution >= 0.6 is 0 Å². The summed E-state index contributed by atoms with van der Waals surface area (Å²) in [7, 11) is 0. The fourth-order valence-corrected chi connectivity index (χ4v) is 2.29. The van der Waals surface area contributed by atoms with E-state index in [2.05, 4.69) is 43.2 Å². The van der Waals surface area contributed by atoms with Gasteiger partial charge in [-0.3, -0.25) is 0 Å². The monoisotopic (exact) mass is 253 g/mol. The molecule has 1 heterocycles. The van der Waals surface area contributed by atoms with Gasteiger partial charge in [0.25, 0.3) is 0 Å². The van der Waals surface area contributed by atoms with Crippen molar-refractivity contribution < 1.29 is 4.42 Å². The van der Waals surface area contributed by atoms with Crippen LogP contribution in [0.5, 0.6) is 0 Å². The maximum atomic E-state index is 5.87. The third-order valence-electron chi connectivity index (χ3n) is 3.24. The van der Waals surface area contributed by atoms with Gasteiger partial charge in [0.05, 0.1) is 6.04 Å². The summed E-state index contributed by atoms with van der Waals surface area (Å²) in [5.74, 6) is 2.00. The Morgan fingerprint density at radius 2 is 1.61 bits per heavy atom. The SMILES string of the molecule is CCCC(CCC)c1nnc(C(CC)NCC)o1. The number of aromatic nitrogens is 2. The van der Waals surface area contributed by atoms with Crippen LogP contribution in [0.2, 0.25) is 0 Å². The Hall–Kier alpha value is -0.900. The van der Waals surface area contributed by atoms with Crippen molar-refractivity contribution >= 4 is 0 Å². The molecule has 1 aromatic heterocycles. The van der Waals surface area contributed by atoms with E-state index in [0.717, 1.165) is 50.4 Å². The van der Waals surface area contributed by atoms with Crippen molar-refractivity contribution in [3.05, 3.63) is 11.8 Å². The minimum absolute atomic E-state index is 0.195.